The molecule has 6 heteroatoms. The van der Waals surface area contributed by atoms with Crippen molar-refractivity contribution in [2.75, 3.05) is 6.26 Å². The number of thioether (sulfide) groups is 1. The highest BCUT2D eigenvalue weighted by Gasteiger charge is 2.18. The van der Waals surface area contributed by atoms with E-state index in [0.717, 1.165) is 22.0 Å². The van der Waals surface area contributed by atoms with Gasteiger partial charge in [0.15, 0.2) is 0 Å². The number of carbonyl (C=O) groups excluding carboxylic acids is 1. The lowest BCUT2D eigenvalue weighted by atomic mass is 10.1. The van der Waals surface area contributed by atoms with Crippen LogP contribution < -0.4 is 5.32 Å². The minimum absolute atomic E-state index is 0.0804. The van der Waals surface area contributed by atoms with E-state index in [0.29, 0.717) is 5.69 Å². The molecule has 106 valence electrons. The summed E-state index contributed by atoms with van der Waals surface area (Å²) in [5.41, 5.74) is 2.48. The first-order chi connectivity index (χ1) is 9.65. The summed E-state index contributed by atoms with van der Waals surface area (Å²) in [7, 11) is 0. The van der Waals surface area contributed by atoms with Gasteiger partial charge in [0.2, 0.25) is 0 Å². The van der Waals surface area contributed by atoms with E-state index in [4.69, 9.17) is 0 Å². The second kappa shape index (κ2) is 6.85. The predicted octanol–water partition coefficient (Wildman–Crippen LogP) is 3.45. The zero-order valence-electron chi connectivity index (χ0n) is 11.7. The predicted molar refractivity (Wildman–Crippen MR) is 83.4 cm³/mol. The zero-order chi connectivity index (χ0) is 14.5. The number of thiazole rings is 1. The second-order valence-corrected chi connectivity index (χ2v) is 6.25. The summed E-state index contributed by atoms with van der Waals surface area (Å²) in [6.45, 7) is 4.04. The molecule has 4 nitrogen and oxygen atoms in total. The van der Waals surface area contributed by atoms with E-state index in [1.54, 1.807) is 23.3 Å². The SMILES string of the molecule is CC[C@H](NC(=O)c1csc(SC)n1)c1ncccc1C. The first-order valence-electron chi connectivity index (χ1n) is 6.37. The summed E-state index contributed by atoms with van der Waals surface area (Å²) >= 11 is 3.03. The highest BCUT2D eigenvalue weighted by atomic mass is 32.2. The standard InChI is InChI=1S/C14H17N3OS2/c1-4-10(12-9(2)6-5-7-15-12)16-13(18)11-8-20-14(17-11)19-3/h5-8,10H,4H2,1-3H3,(H,16,18)/t10-/m0/s1. The number of carbonyl (C=O) groups is 1. The van der Waals surface area contributed by atoms with E-state index in [1.807, 2.05) is 32.2 Å². The van der Waals surface area contributed by atoms with E-state index < -0.39 is 0 Å². The Hall–Kier alpha value is -1.40. The number of aryl methyl sites for hydroxylation is 1. The van der Waals surface area contributed by atoms with Crippen molar-refractivity contribution in [3.8, 4) is 0 Å². The van der Waals surface area contributed by atoms with Crippen molar-refractivity contribution in [3.63, 3.8) is 0 Å². The molecule has 0 unspecified atom stereocenters. The summed E-state index contributed by atoms with van der Waals surface area (Å²) in [6.07, 6.45) is 4.50. The van der Waals surface area contributed by atoms with Crippen LogP contribution in [-0.4, -0.2) is 22.1 Å². The molecule has 1 atom stereocenters. The van der Waals surface area contributed by atoms with Crippen molar-refractivity contribution in [1.29, 1.82) is 0 Å². The Labute approximate surface area is 127 Å². The molecule has 2 rings (SSSR count). The number of rotatable bonds is 5. The Balaban J connectivity index is 2.14. The molecule has 20 heavy (non-hydrogen) atoms. The largest absolute Gasteiger partial charge is 0.342 e. The van der Waals surface area contributed by atoms with Crippen LogP contribution in [0.2, 0.25) is 0 Å². The zero-order valence-corrected chi connectivity index (χ0v) is 13.3. The molecular weight excluding hydrogens is 290 g/mol. The maximum Gasteiger partial charge on any atom is 0.271 e. The van der Waals surface area contributed by atoms with Gasteiger partial charge in [-0.25, -0.2) is 4.98 Å². The molecule has 0 aliphatic rings. The third kappa shape index (κ3) is 3.37. The van der Waals surface area contributed by atoms with Crippen LogP contribution in [0.5, 0.6) is 0 Å². The highest BCUT2D eigenvalue weighted by molar-refractivity contribution is 8.00. The molecule has 0 saturated heterocycles. The van der Waals surface area contributed by atoms with Crippen LogP contribution in [-0.2, 0) is 0 Å². The van der Waals surface area contributed by atoms with Crippen molar-refractivity contribution in [2.45, 2.75) is 30.6 Å². The summed E-state index contributed by atoms with van der Waals surface area (Å²) in [6, 6.07) is 3.83. The fraction of sp³-hybridized carbons (Fsp3) is 0.357. The number of nitrogens with one attached hydrogen (secondary N) is 1. The van der Waals surface area contributed by atoms with Crippen molar-refractivity contribution in [3.05, 3.63) is 40.7 Å². The van der Waals surface area contributed by atoms with Crippen LogP contribution in [0.1, 0.15) is 41.1 Å². The average molecular weight is 307 g/mol. The number of pyridine rings is 1. The Morgan fingerprint density at radius 2 is 2.35 bits per heavy atom. The van der Waals surface area contributed by atoms with Gasteiger partial charge in [-0.15, -0.1) is 11.3 Å². The monoisotopic (exact) mass is 307 g/mol. The fourth-order valence-corrected chi connectivity index (χ4v) is 3.16. The number of nitrogens with zero attached hydrogens (tertiary/aromatic N) is 2. The van der Waals surface area contributed by atoms with Crippen molar-refractivity contribution < 1.29 is 4.79 Å². The van der Waals surface area contributed by atoms with E-state index in [2.05, 4.69) is 15.3 Å². The van der Waals surface area contributed by atoms with Gasteiger partial charge >= 0.3 is 0 Å². The quantitative estimate of drug-likeness (QED) is 0.860. The molecule has 2 heterocycles. The van der Waals surface area contributed by atoms with Crippen LogP contribution in [0.15, 0.2) is 28.0 Å². The van der Waals surface area contributed by atoms with Gasteiger partial charge in [-0.1, -0.05) is 24.8 Å². The van der Waals surface area contributed by atoms with Crippen LogP contribution in [0, 0.1) is 6.92 Å². The summed E-state index contributed by atoms with van der Waals surface area (Å²) in [4.78, 5) is 20.9. The third-order valence-electron chi connectivity index (χ3n) is 2.98. The molecule has 0 spiro atoms. The smallest absolute Gasteiger partial charge is 0.271 e. The molecule has 2 aromatic rings. The molecule has 0 fully saturated rings. The first-order valence-corrected chi connectivity index (χ1v) is 8.48. The van der Waals surface area contributed by atoms with E-state index >= 15 is 0 Å². The Kier molecular flexibility index (Phi) is 5.14. The lowest BCUT2D eigenvalue weighted by Gasteiger charge is -2.17. The van der Waals surface area contributed by atoms with Gasteiger partial charge in [-0.05, 0) is 31.2 Å². The van der Waals surface area contributed by atoms with Crippen molar-refractivity contribution in [1.82, 2.24) is 15.3 Å². The van der Waals surface area contributed by atoms with Gasteiger partial charge in [-0.3, -0.25) is 9.78 Å². The highest BCUT2D eigenvalue weighted by Crippen LogP contribution is 2.21. The maximum absolute atomic E-state index is 12.2. The van der Waals surface area contributed by atoms with Crippen molar-refractivity contribution >= 4 is 29.0 Å². The molecule has 0 aromatic carbocycles. The average Bonchev–Trinajstić information content (AvgIpc) is 2.94. The normalized spacial score (nSPS) is 12.2. The van der Waals surface area contributed by atoms with Gasteiger partial charge in [0.05, 0.1) is 11.7 Å². The minimum Gasteiger partial charge on any atom is -0.342 e. The van der Waals surface area contributed by atoms with E-state index in [-0.39, 0.29) is 11.9 Å². The number of hydrogen-bond acceptors (Lipinski definition) is 5. The number of aromatic nitrogens is 2. The Bertz CT molecular complexity index is 598. The fourth-order valence-electron chi connectivity index (χ4n) is 1.91. The Morgan fingerprint density at radius 1 is 1.55 bits per heavy atom. The lowest BCUT2D eigenvalue weighted by Crippen LogP contribution is -2.29. The molecule has 0 bridgehead atoms. The topological polar surface area (TPSA) is 54.9 Å². The van der Waals surface area contributed by atoms with Crippen LogP contribution in [0.25, 0.3) is 0 Å². The maximum atomic E-state index is 12.2. The summed E-state index contributed by atoms with van der Waals surface area (Å²) in [5.74, 6) is -0.140. The molecule has 0 aliphatic heterocycles. The summed E-state index contributed by atoms with van der Waals surface area (Å²) in [5, 5.41) is 4.80. The molecule has 1 amide bonds. The van der Waals surface area contributed by atoms with Gasteiger partial charge in [0.25, 0.3) is 5.91 Å². The molecular formula is C14H17N3OS2. The van der Waals surface area contributed by atoms with Crippen LogP contribution in [0.3, 0.4) is 0 Å². The summed E-state index contributed by atoms with van der Waals surface area (Å²) < 4.78 is 0.900. The van der Waals surface area contributed by atoms with Crippen LogP contribution in [0.4, 0.5) is 0 Å². The van der Waals surface area contributed by atoms with Gasteiger partial charge in [0, 0.05) is 11.6 Å². The minimum atomic E-state index is -0.140. The van der Waals surface area contributed by atoms with Gasteiger partial charge in [-0.2, -0.15) is 0 Å². The Morgan fingerprint density at radius 3 is 2.95 bits per heavy atom. The number of hydrogen-bond donors (Lipinski definition) is 1. The van der Waals surface area contributed by atoms with Crippen LogP contribution >= 0.6 is 23.1 Å². The first kappa shape index (κ1) is 15.0. The molecule has 2 aromatic heterocycles. The lowest BCUT2D eigenvalue weighted by molar-refractivity contribution is 0.0930. The van der Waals surface area contributed by atoms with Gasteiger partial charge < -0.3 is 5.32 Å². The third-order valence-corrected chi connectivity index (χ3v) is 4.85. The molecule has 0 aliphatic carbocycles. The van der Waals surface area contributed by atoms with Gasteiger partial charge in [0.1, 0.15) is 10.0 Å². The second-order valence-electron chi connectivity index (χ2n) is 4.34. The molecule has 1 N–H and O–H groups in total. The van der Waals surface area contributed by atoms with Crippen molar-refractivity contribution in [2.24, 2.45) is 0 Å². The van der Waals surface area contributed by atoms with E-state index in [9.17, 15) is 4.79 Å². The number of amides is 1. The molecule has 0 saturated carbocycles. The van der Waals surface area contributed by atoms with E-state index in [1.165, 1.54) is 11.3 Å². The molecule has 0 radical (unpaired) electrons.